The minimum atomic E-state index is 0.527. The molecule has 3 heteroatoms. The molecule has 1 aliphatic carbocycles. The van der Waals surface area contributed by atoms with Crippen LogP contribution in [0.15, 0.2) is 0 Å². The highest BCUT2D eigenvalue weighted by Gasteiger charge is 2.32. The molecule has 2 atom stereocenters. The van der Waals surface area contributed by atoms with Crippen LogP contribution in [0, 0.1) is 0 Å². The number of nitrogens with one attached hydrogen (secondary N) is 1. The van der Waals surface area contributed by atoms with E-state index in [1.54, 1.807) is 0 Å². The maximum atomic E-state index is 5.29. The molecule has 1 N–H and O–H groups in total. The van der Waals surface area contributed by atoms with Gasteiger partial charge in [0.25, 0.3) is 0 Å². The summed E-state index contributed by atoms with van der Waals surface area (Å²) in [6, 6.07) is 1.47. The third kappa shape index (κ3) is 2.44. The Labute approximate surface area is 91.2 Å². The van der Waals surface area contributed by atoms with E-state index >= 15 is 0 Å². The molecule has 0 aromatic rings. The summed E-state index contributed by atoms with van der Waals surface area (Å²) in [4.78, 5) is 0. The van der Waals surface area contributed by atoms with E-state index in [2.05, 4.69) is 24.0 Å². The third-order valence-corrected chi connectivity index (χ3v) is 4.86. The Morgan fingerprint density at radius 3 is 2.79 bits per heavy atom. The maximum absolute atomic E-state index is 5.29. The van der Waals surface area contributed by atoms with Crippen LogP contribution in [-0.4, -0.2) is 36.3 Å². The fourth-order valence-electron chi connectivity index (χ4n) is 2.34. The van der Waals surface area contributed by atoms with Crippen LogP contribution in [0.2, 0.25) is 0 Å². The van der Waals surface area contributed by atoms with Crippen LogP contribution in [0.4, 0.5) is 0 Å². The summed E-state index contributed by atoms with van der Waals surface area (Å²) in [7, 11) is 1.82. The Kier molecular flexibility index (Phi) is 3.74. The second kappa shape index (κ2) is 4.86. The van der Waals surface area contributed by atoms with Crippen LogP contribution in [0.5, 0.6) is 0 Å². The van der Waals surface area contributed by atoms with Crippen molar-refractivity contribution in [3.8, 4) is 0 Å². The van der Waals surface area contributed by atoms with Crippen molar-refractivity contribution < 1.29 is 4.74 Å². The first-order valence-corrected chi connectivity index (χ1v) is 6.75. The van der Waals surface area contributed by atoms with Crippen LogP contribution in [0.25, 0.3) is 0 Å². The average molecular weight is 215 g/mol. The summed E-state index contributed by atoms with van der Waals surface area (Å²) in [6.07, 6.45) is 5.70. The first-order valence-electron chi connectivity index (χ1n) is 5.70. The molecule has 2 nitrogen and oxygen atoms in total. The molecule has 1 aliphatic heterocycles. The summed E-state index contributed by atoms with van der Waals surface area (Å²) in [6.45, 7) is 2.36. The zero-order valence-corrected chi connectivity index (χ0v) is 9.98. The van der Waals surface area contributed by atoms with Gasteiger partial charge >= 0.3 is 0 Å². The molecule has 14 heavy (non-hydrogen) atoms. The molecule has 2 aliphatic rings. The van der Waals surface area contributed by atoms with Crippen LogP contribution in [0.3, 0.4) is 0 Å². The highest BCUT2D eigenvalue weighted by molar-refractivity contribution is 7.99. The van der Waals surface area contributed by atoms with Crippen LogP contribution in [0.1, 0.15) is 32.6 Å². The number of ether oxygens (including phenoxy) is 1. The molecule has 0 aromatic carbocycles. The smallest absolute Gasteiger partial charge is 0.0601 e. The highest BCUT2D eigenvalue weighted by atomic mass is 32.2. The van der Waals surface area contributed by atoms with E-state index in [9.17, 15) is 0 Å². The number of methoxy groups -OCH3 is 1. The molecule has 82 valence electrons. The first kappa shape index (κ1) is 10.8. The summed E-state index contributed by atoms with van der Waals surface area (Å²) < 4.78 is 5.29. The molecule has 2 fully saturated rings. The van der Waals surface area contributed by atoms with Gasteiger partial charge in [-0.3, -0.25) is 0 Å². The van der Waals surface area contributed by atoms with Gasteiger partial charge in [-0.15, -0.1) is 0 Å². The van der Waals surface area contributed by atoms with E-state index in [4.69, 9.17) is 4.74 Å². The fourth-order valence-corrected chi connectivity index (χ4v) is 3.49. The second-order valence-corrected chi connectivity index (χ2v) is 6.00. The van der Waals surface area contributed by atoms with Crippen molar-refractivity contribution in [1.29, 1.82) is 0 Å². The molecule has 0 bridgehead atoms. The Balaban J connectivity index is 1.69. The van der Waals surface area contributed by atoms with Gasteiger partial charge in [0.1, 0.15) is 0 Å². The molecular weight excluding hydrogens is 194 g/mol. The average Bonchev–Trinajstić information content (AvgIpc) is 2.13. The zero-order chi connectivity index (χ0) is 9.97. The Bertz CT molecular complexity index is 182. The van der Waals surface area contributed by atoms with Gasteiger partial charge in [-0.1, -0.05) is 6.92 Å². The quantitative estimate of drug-likeness (QED) is 0.778. The molecule has 0 radical (unpaired) electrons. The fraction of sp³-hybridized carbons (Fsp3) is 1.00. The van der Waals surface area contributed by atoms with Gasteiger partial charge < -0.3 is 10.1 Å². The predicted octanol–water partition coefficient (Wildman–Crippen LogP) is 2.04. The van der Waals surface area contributed by atoms with E-state index in [1.807, 2.05) is 7.11 Å². The van der Waals surface area contributed by atoms with E-state index in [0.29, 0.717) is 6.10 Å². The topological polar surface area (TPSA) is 21.3 Å². The standard InChI is InChI=1S/C11H21NOS/c1-8-11(4-3-5-14-8)12-9-6-10(7-9)13-2/h8-12H,3-7H2,1-2H3. The lowest BCUT2D eigenvalue weighted by molar-refractivity contribution is 0.0138. The summed E-state index contributed by atoms with van der Waals surface area (Å²) in [5.74, 6) is 1.35. The van der Waals surface area contributed by atoms with E-state index in [0.717, 1.165) is 17.3 Å². The third-order valence-electron chi connectivity index (χ3n) is 3.48. The van der Waals surface area contributed by atoms with Crippen molar-refractivity contribution in [2.75, 3.05) is 12.9 Å². The first-order chi connectivity index (χ1) is 6.79. The molecule has 1 heterocycles. The number of thioether (sulfide) groups is 1. The lowest BCUT2D eigenvalue weighted by Crippen LogP contribution is -2.52. The number of hydrogen-bond acceptors (Lipinski definition) is 3. The van der Waals surface area contributed by atoms with Gasteiger partial charge in [0.2, 0.25) is 0 Å². The zero-order valence-electron chi connectivity index (χ0n) is 9.16. The van der Waals surface area contributed by atoms with Crippen molar-refractivity contribution in [2.45, 2.75) is 56.0 Å². The van der Waals surface area contributed by atoms with E-state index in [1.165, 1.54) is 31.4 Å². The summed E-state index contributed by atoms with van der Waals surface area (Å²) >= 11 is 2.12. The summed E-state index contributed by atoms with van der Waals surface area (Å²) in [5, 5.41) is 4.57. The highest BCUT2D eigenvalue weighted by Crippen LogP contribution is 2.29. The van der Waals surface area contributed by atoms with Gasteiger partial charge in [-0.2, -0.15) is 11.8 Å². The van der Waals surface area contributed by atoms with Gasteiger partial charge in [0.15, 0.2) is 0 Å². The molecule has 2 rings (SSSR count). The monoisotopic (exact) mass is 215 g/mol. The largest absolute Gasteiger partial charge is 0.381 e. The predicted molar refractivity (Wildman–Crippen MR) is 61.9 cm³/mol. The molecule has 1 saturated heterocycles. The Morgan fingerprint density at radius 2 is 2.14 bits per heavy atom. The SMILES string of the molecule is COC1CC(NC2CCCSC2C)C1. The van der Waals surface area contributed by atoms with Crippen molar-refractivity contribution in [1.82, 2.24) is 5.32 Å². The summed E-state index contributed by atoms with van der Waals surface area (Å²) in [5.41, 5.74) is 0. The lowest BCUT2D eigenvalue weighted by Gasteiger charge is -2.40. The Morgan fingerprint density at radius 1 is 1.36 bits per heavy atom. The molecular formula is C11H21NOS. The second-order valence-electron chi connectivity index (χ2n) is 4.52. The molecule has 0 amide bonds. The van der Waals surface area contributed by atoms with Gasteiger partial charge in [0.05, 0.1) is 6.10 Å². The van der Waals surface area contributed by atoms with Crippen molar-refractivity contribution in [3.63, 3.8) is 0 Å². The van der Waals surface area contributed by atoms with Crippen LogP contribution < -0.4 is 5.32 Å². The van der Waals surface area contributed by atoms with Gasteiger partial charge in [0, 0.05) is 24.4 Å². The lowest BCUT2D eigenvalue weighted by atomic mass is 9.88. The number of rotatable bonds is 3. The molecule has 1 saturated carbocycles. The van der Waals surface area contributed by atoms with Gasteiger partial charge in [-0.25, -0.2) is 0 Å². The van der Waals surface area contributed by atoms with Crippen molar-refractivity contribution in [2.24, 2.45) is 0 Å². The molecule has 0 aromatic heterocycles. The minimum Gasteiger partial charge on any atom is -0.381 e. The van der Waals surface area contributed by atoms with Crippen LogP contribution in [-0.2, 0) is 4.74 Å². The minimum absolute atomic E-state index is 0.527. The van der Waals surface area contributed by atoms with Crippen LogP contribution >= 0.6 is 11.8 Å². The normalized spacial score (nSPS) is 43.3. The van der Waals surface area contributed by atoms with Gasteiger partial charge in [-0.05, 0) is 31.4 Å². The molecule has 0 spiro atoms. The number of hydrogen-bond donors (Lipinski definition) is 1. The van der Waals surface area contributed by atoms with Crippen molar-refractivity contribution in [3.05, 3.63) is 0 Å². The van der Waals surface area contributed by atoms with Crippen molar-refractivity contribution >= 4 is 11.8 Å². The van der Waals surface area contributed by atoms with E-state index < -0.39 is 0 Å². The maximum Gasteiger partial charge on any atom is 0.0601 e. The van der Waals surface area contributed by atoms with E-state index in [-0.39, 0.29) is 0 Å². The Hall–Kier alpha value is 0.270. The molecule has 2 unspecified atom stereocenters.